The number of thioether (sulfide) groups is 1. The van der Waals surface area contributed by atoms with Gasteiger partial charge < -0.3 is 0 Å². The summed E-state index contributed by atoms with van der Waals surface area (Å²) in [7, 11) is 0. The number of hydrogen-bond donors (Lipinski definition) is 0. The average Bonchev–Trinajstić information content (AvgIpc) is 3.11. The summed E-state index contributed by atoms with van der Waals surface area (Å²) in [6.45, 7) is 5.43. The zero-order valence-electron chi connectivity index (χ0n) is 15.7. The number of carbonyl (C=O) groups is 1. The van der Waals surface area contributed by atoms with Gasteiger partial charge >= 0.3 is 0 Å². The molecule has 0 atom stereocenters. The number of rotatable bonds is 5. The van der Waals surface area contributed by atoms with Crippen LogP contribution in [0.4, 0.5) is 10.8 Å². The second kappa shape index (κ2) is 8.78. The third-order valence-electron chi connectivity index (χ3n) is 4.04. The second-order valence-electron chi connectivity index (χ2n) is 6.31. The summed E-state index contributed by atoms with van der Waals surface area (Å²) in [5, 5.41) is 12.0. The smallest absolute Gasteiger partial charge is 0.230 e. The number of thiazole rings is 1. The van der Waals surface area contributed by atoms with Crippen molar-refractivity contribution < 1.29 is 4.79 Å². The molecule has 3 aromatic rings. The summed E-state index contributed by atoms with van der Waals surface area (Å²) in [4.78, 5) is 19.7. The van der Waals surface area contributed by atoms with Crippen LogP contribution in [0.1, 0.15) is 29.3 Å². The minimum atomic E-state index is -0.130. The van der Waals surface area contributed by atoms with Crippen LogP contribution in [0, 0.1) is 25.2 Å². The monoisotopic (exact) mass is 427 g/mol. The van der Waals surface area contributed by atoms with Crippen LogP contribution in [0.5, 0.6) is 0 Å². The van der Waals surface area contributed by atoms with E-state index in [1.54, 1.807) is 28.8 Å². The molecule has 0 bridgehead atoms. The third kappa shape index (κ3) is 4.56. The van der Waals surface area contributed by atoms with Crippen LogP contribution in [0.3, 0.4) is 0 Å². The minimum absolute atomic E-state index is 0.130. The molecule has 0 spiro atoms. The Hall–Kier alpha value is -2.33. The molecule has 0 radical (unpaired) electrons. The average molecular weight is 428 g/mol. The van der Waals surface area contributed by atoms with Crippen LogP contribution in [0.15, 0.2) is 46.7 Å². The Kier molecular flexibility index (Phi) is 6.40. The molecular weight excluding hydrogens is 410 g/mol. The van der Waals surface area contributed by atoms with Crippen molar-refractivity contribution in [2.45, 2.75) is 31.4 Å². The molecule has 3 rings (SSSR count). The van der Waals surface area contributed by atoms with Crippen molar-refractivity contribution in [2.24, 2.45) is 0 Å². The van der Waals surface area contributed by atoms with Gasteiger partial charge in [-0.3, -0.25) is 9.69 Å². The fourth-order valence-electron chi connectivity index (χ4n) is 2.83. The number of carbonyl (C=O) groups excluding carboxylic acids is 1. The molecule has 0 aliphatic rings. The molecule has 0 fully saturated rings. The molecule has 1 amide bonds. The van der Waals surface area contributed by atoms with Crippen molar-refractivity contribution in [3.8, 4) is 6.07 Å². The Balaban J connectivity index is 1.82. The van der Waals surface area contributed by atoms with Gasteiger partial charge in [-0.05, 0) is 55.3 Å². The number of halogens is 1. The Morgan fingerprint density at radius 1 is 1.29 bits per heavy atom. The van der Waals surface area contributed by atoms with Crippen molar-refractivity contribution in [1.29, 1.82) is 5.26 Å². The first-order valence-electron chi connectivity index (χ1n) is 8.54. The summed E-state index contributed by atoms with van der Waals surface area (Å²) in [6, 6.07) is 13.4. The van der Waals surface area contributed by atoms with Gasteiger partial charge in [0.2, 0.25) is 5.91 Å². The van der Waals surface area contributed by atoms with Gasteiger partial charge in [0.25, 0.3) is 0 Å². The normalized spacial score (nSPS) is 10.5. The molecule has 1 aromatic heterocycles. The first-order chi connectivity index (χ1) is 13.4. The summed E-state index contributed by atoms with van der Waals surface area (Å²) >= 11 is 9.51. The lowest BCUT2D eigenvalue weighted by Gasteiger charge is -2.22. The molecule has 0 saturated heterocycles. The van der Waals surface area contributed by atoms with E-state index in [9.17, 15) is 4.79 Å². The van der Waals surface area contributed by atoms with Crippen molar-refractivity contribution in [2.75, 3.05) is 4.90 Å². The molecule has 0 aliphatic heterocycles. The predicted molar refractivity (Wildman–Crippen MR) is 117 cm³/mol. The van der Waals surface area contributed by atoms with Gasteiger partial charge in [0.15, 0.2) is 5.13 Å². The topological polar surface area (TPSA) is 57.0 Å². The highest BCUT2D eigenvalue weighted by Gasteiger charge is 2.22. The van der Waals surface area contributed by atoms with E-state index in [2.05, 4.69) is 11.1 Å². The molecule has 0 N–H and O–H groups in total. The molecular formula is C21H18ClN3OS2. The maximum absolute atomic E-state index is 12.4. The zero-order valence-corrected chi connectivity index (χ0v) is 18.1. The molecule has 0 unspecified atom stereocenters. The van der Waals surface area contributed by atoms with Crippen LogP contribution in [0.2, 0.25) is 5.02 Å². The molecule has 1 heterocycles. The molecule has 142 valence electrons. The zero-order chi connectivity index (χ0) is 20.3. The highest BCUT2D eigenvalue weighted by Crippen LogP contribution is 2.38. The van der Waals surface area contributed by atoms with Crippen molar-refractivity contribution in [3.63, 3.8) is 0 Å². The van der Waals surface area contributed by atoms with Crippen LogP contribution < -0.4 is 4.90 Å². The van der Waals surface area contributed by atoms with Gasteiger partial charge in [0.05, 0.1) is 28.0 Å². The number of aryl methyl sites for hydroxylation is 2. The number of benzene rings is 2. The number of aromatic nitrogens is 1. The summed E-state index contributed by atoms with van der Waals surface area (Å²) in [5.74, 6) is 0.545. The van der Waals surface area contributed by atoms with Crippen molar-refractivity contribution in [3.05, 3.63) is 69.2 Å². The van der Waals surface area contributed by atoms with Gasteiger partial charge in [0, 0.05) is 23.0 Å². The number of nitrogens with zero attached hydrogens (tertiary/aromatic N) is 3. The van der Waals surface area contributed by atoms with E-state index in [1.165, 1.54) is 18.3 Å². The number of anilines is 2. The number of hydrogen-bond acceptors (Lipinski definition) is 5. The fourth-order valence-corrected chi connectivity index (χ4v) is 5.00. The van der Waals surface area contributed by atoms with Gasteiger partial charge in [-0.2, -0.15) is 5.26 Å². The van der Waals surface area contributed by atoms with Crippen LogP contribution >= 0.6 is 34.7 Å². The summed E-state index contributed by atoms with van der Waals surface area (Å²) in [6.07, 6.45) is 0. The van der Waals surface area contributed by atoms with Gasteiger partial charge in [-0.1, -0.05) is 17.7 Å². The fraction of sp³-hybridized carbons (Fsp3) is 0.190. The molecule has 7 heteroatoms. The summed E-state index contributed by atoms with van der Waals surface area (Å²) < 4.78 is 0. The Morgan fingerprint density at radius 3 is 2.61 bits per heavy atom. The lowest BCUT2D eigenvalue weighted by molar-refractivity contribution is -0.115. The maximum atomic E-state index is 12.4. The van der Waals surface area contributed by atoms with E-state index < -0.39 is 0 Å². The predicted octanol–water partition coefficient (Wildman–Crippen LogP) is 6.26. The highest BCUT2D eigenvalue weighted by atomic mass is 35.5. The lowest BCUT2D eigenvalue weighted by Crippen LogP contribution is -2.24. The van der Waals surface area contributed by atoms with E-state index >= 15 is 0 Å². The van der Waals surface area contributed by atoms with E-state index in [0.717, 1.165) is 21.7 Å². The summed E-state index contributed by atoms with van der Waals surface area (Å²) in [5.41, 5.74) is 4.20. The second-order valence-corrected chi connectivity index (χ2v) is 8.61. The van der Waals surface area contributed by atoms with Crippen molar-refractivity contribution >= 4 is 51.4 Å². The Morgan fingerprint density at radius 2 is 2.00 bits per heavy atom. The minimum Gasteiger partial charge on any atom is -0.274 e. The van der Waals surface area contributed by atoms with E-state index in [-0.39, 0.29) is 5.91 Å². The first kappa shape index (κ1) is 20.4. The Bertz CT molecular complexity index is 1030. The van der Waals surface area contributed by atoms with Crippen molar-refractivity contribution in [1.82, 2.24) is 4.98 Å². The Labute approximate surface area is 177 Å². The largest absolute Gasteiger partial charge is 0.274 e. The van der Waals surface area contributed by atoms with Gasteiger partial charge in [0.1, 0.15) is 0 Å². The third-order valence-corrected chi connectivity index (χ3v) is 6.25. The molecule has 4 nitrogen and oxygen atoms in total. The lowest BCUT2D eigenvalue weighted by atomic mass is 10.1. The SMILES string of the molecule is CC(=O)N(c1nc(CSc2ccc(C#N)cc2)cs1)c1c(C)cc(C)cc1Cl. The van der Waals surface area contributed by atoms with Crippen LogP contribution in [-0.2, 0) is 10.5 Å². The first-order valence-corrected chi connectivity index (χ1v) is 10.8. The quantitative estimate of drug-likeness (QED) is 0.451. The molecule has 0 aliphatic carbocycles. The van der Waals surface area contributed by atoms with E-state index in [4.69, 9.17) is 16.9 Å². The molecule has 2 aromatic carbocycles. The molecule has 28 heavy (non-hydrogen) atoms. The highest BCUT2D eigenvalue weighted by molar-refractivity contribution is 7.98. The van der Waals surface area contributed by atoms with Gasteiger partial charge in [-0.25, -0.2) is 4.98 Å². The number of nitriles is 1. The van der Waals surface area contributed by atoms with Crippen LogP contribution in [-0.4, -0.2) is 10.9 Å². The molecule has 0 saturated carbocycles. The number of amides is 1. The van der Waals surface area contributed by atoms with E-state index in [1.807, 2.05) is 43.5 Å². The standard InChI is InChI=1S/C21H18ClN3OS2/c1-13-8-14(2)20(19(22)9-13)25(15(3)26)21-24-17(12-28-21)11-27-18-6-4-16(10-23)5-7-18/h4-9,12H,11H2,1-3H3. The van der Waals surface area contributed by atoms with E-state index in [0.29, 0.717) is 27.2 Å². The maximum Gasteiger partial charge on any atom is 0.230 e. The van der Waals surface area contributed by atoms with Crippen LogP contribution in [0.25, 0.3) is 0 Å². The van der Waals surface area contributed by atoms with Gasteiger partial charge in [-0.15, -0.1) is 23.1 Å².